The van der Waals surface area contributed by atoms with Crippen LogP contribution in [0.2, 0.25) is 10.0 Å². The maximum atomic E-state index is 6.33. The molecule has 126 valence electrons. The lowest BCUT2D eigenvalue weighted by atomic mass is 9.55. The van der Waals surface area contributed by atoms with Crippen LogP contribution in [0, 0.1) is 13.8 Å². The van der Waals surface area contributed by atoms with E-state index >= 15 is 0 Å². The summed E-state index contributed by atoms with van der Waals surface area (Å²) in [6.45, 7) is 4.11. The van der Waals surface area contributed by atoms with E-state index in [0.717, 1.165) is 37.8 Å². The summed E-state index contributed by atoms with van der Waals surface area (Å²) in [6, 6.07) is 17.8. The summed E-state index contributed by atoms with van der Waals surface area (Å²) in [5, 5.41) is 1.45. The van der Waals surface area contributed by atoms with Crippen molar-refractivity contribution in [3.05, 3.63) is 87.7 Å². The Bertz CT molecular complexity index is 819. The fourth-order valence-corrected chi connectivity index (χ4v) is 2.96. The molecule has 2 nitrogen and oxygen atoms in total. The van der Waals surface area contributed by atoms with Gasteiger partial charge in [0.15, 0.2) is 0 Å². The number of benzene rings is 2. The third-order valence-electron chi connectivity index (χ3n) is 4.12. The summed E-state index contributed by atoms with van der Waals surface area (Å²) in [5.41, 5.74) is 4.94. The Morgan fingerprint density at radius 2 is 1.48 bits per heavy atom. The van der Waals surface area contributed by atoms with Crippen LogP contribution in [-0.4, -0.2) is 11.9 Å². The molecule has 0 saturated carbocycles. The predicted molar refractivity (Wildman–Crippen MR) is 106 cm³/mol. The molecule has 0 amide bonds. The van der Waals surface area contributed by atoms with Gasteiger partial charge in [-0.3, -0.25) is 4.98 Å². The van der Waals surface area contributed by atoms with E-state index in [-0.39, 0.29) is 6.92 Å². The van der Waals surface area contributed by atoms with Crippen LogP contribution in [-0.2, 0) is 11.3 Å². The van der Waals surface area contributed by atoms with Gasteiger partial charge in [-0.15, -0.1) is 0 Å². The first-order valence-electron chi connectivity index (χ1n) is 8.08. The largest absolute Gasteiger partial charge is 0.421 e. The molecule has 3 aromatic rings. The van der Waals surface area contributed by atoms with E-state index in [1.165, 1.54) is 0 Å². The van der Waals surface area contributed by atoms with Crippen molar-refractivity contribution in [3.63, 3.8) is 0 Å². The standard InChI is InChI=1S/C20H18BCl2NO/c1-14-6-8-16(11-19(14)22)21(17-9-7-15(2)20(23)12-17)25-13-18-5-3-4-10-24-18/h3-12H,13H2,1-2H3. The summed E-state index contributed by atoms with van der Waals surface area (Å²) in [4.78, 5) is 4.32. The zero-order chi connectivity index (χ0) is 17.8. The number of aryl methyl sites for hydroxylation is 2. The van der Waals surface area contributed by atoms with Crippen LogP contribution < -0.4 is 10.9 Å². The van der Waals surface area contributed by atoms with Crippen molar-refractivity contribution in [2.75, 3.05) is 0 Å². The number of hydrogen-bond donors (Lipinski definition) is 0. The molecule has 3 rings (SSSR count). The summed E-state index contributed by atoms with van der Waals surface area (Å²) in [7, 11) is 0. The van der Waals surface area contributed by atoms with Gasteiger partial charge >= 0.3 is 6.92 Å². The van der Waals surface area contributed by atoms with E-state index in [1.807, 2.05) is 68.4 Å². The molecule has 25 heavy (non-hydrogen) atoms. The van der Waals surface area contributed by atoms with Gasteiger partial charge in [0.1, 0.15) is 0 Å². The molecule has 2 aromatic carbocycles. The lowest BCUT2D eigenvalue weighted by molar-refractivity contribution is 0.316. The molecule has 0 radical (unpaired) electrons. The quantitative estimate of drug-likeness (QED) is 0.624. The van der Waals surface area contributed by atoms with Crippen molar-refractivity contribution in [1.82, 2.24) is 4.98 Å². The maximum absolute atomic E-state index is 6.33. The highest BCUT2D eigenvalue weighted by atomic mass is 35.5. The molecule has 0 atom stereocenters. The normalized spacial score (nSPS) is 10.7. The van der Waals surface area contributed by atoms with Crippen molar-refractivity contribution < 1.29 is 4.65 Å². The van der Waals surface area contributed by atoms with Crippen molar-refractivity contribution >= 4 is 41.0 Å². The van der Waals surface area contributed by atoms with Gasteiger partial charge in [0, 0.05) is 16.2 Å². The predicted octanol–water partition coefficient (Wildman–Crippen LogP) is 4.33. The Morgan fingerprint density at radius 3 is 1.96 bits per heavy atom. The van der Waals surface area contributed by atoms with Crippen molar-refractivity contribution in [2.45, 2.75) is 20.5 Å². The smallest absolute Gasteiger partial charge is 0.362 e. The van der Waals surface area contributed by atoms with Gasteiger partial charge < -0.3 is 4.65 Å². The second kappa shape index (κ2) is 8.05. The number of nitrogens with zero attached hydrogens (tertiary/aromatic N) is 1. The molecule has 0 spiro atoms. The minimum absolute atomic E-state index is 0.266. The molecule has 0 aliphatic rings. The van der Waals surface area contributed by atoms with Gasteiger partial charge in [0.2, 0.25) is 0 Å². The highest BCUT2D eigenvalue weighted by Gasteiger charge is 2.23. The van der Waals surface area contributed by atoms with Crippen LogP contribution >= 0.6 is 23.2 Å². The number of halogens is 2. The van der Waals surface area contributed by atoms with E-state index in [2.05, 4.69) is 4.98 Å². The third kappa shape index (κ3) is 4.43. The Balaban J connectivity index is 1.94. The summed E-state index contributed by atoms with van der Waals surface area (Å²) < 4.78 is 6.21. The lowest BCUT2D eigenvalue weighted by Crippen LogP contribution is -2.45. The number of pyridine rings is 1. The molecule has 0 bridgehead atoms. The van der Waals surface area contributed by atoms with Crippen molar-refractivity contribution in [1.29, 1.82) is 0 Å². The average molecular weight is 370 g/mol. The Morgan fingerprint density at radius 1 is 0.880 bits per heavy atom. The molecule has 1 heterocycles. The van der Waals surface area contributed by atoms with Gasteiger partial charge in [-0.05, 0) is 60.2 Å². The van der Waals surface area contributed by atoms with Crippen LogP contribution in [0.15, 0.2) is 60.8 Å². The van der Waals surface area contributed by atoms with E-state index in [9.17, 15) is 0 Å². The Kier molecular flexibility index (Phi) is 5.80. The second-order valence-electron chi connectivity index (χ2n) is 6.03. The molecular formula is C20H18BCl2NO. The zero-order valence-electron chi connectivity index (χ0n) is 14.2. The SMILES string of the molecule is Cc1ccc(B(OCc2ccccn2)c2ccc(C)c(Cl)c2)cc1Cl. The Labute approximate surface area is 158 Å². The first kappa shape index (κ1) is 18.0. The maximum Gasteiger partial charge on any atom is 0.362 e. The fourth-order valence-electron chi connectivity index (χ4n) is 2.58. The first-order valence-corrected chi connectivity index (χ1v) is 8.84. The average Bonchev–Trinajstić information content (AvgIpc) is 2.62. The molecule has 0 saturated heterocycles. The highest BCUT2D eigenvalue weighted by Crippen LogP contribution is 2.15. The van der Waals surface area contributed by atoms with Gasteiger partial charge in [-0.25, -0.2) is 0 Å². The van der Waals surface area contributed by atoms with Crippen LogP contribution in [0.5, 0.6) is 0 Å². The number of hydrogen-bond acceptors (Lipinski definition) is 2. The highest BCUT2D eigenvalue weighted by molar-refractivity contribution is 6.80. The first-order chi connectivity index (χ1) is 12.0. The van der Waals surface area contributed by atoms with E-state index in [1.54, 1.807) is 6.20 Å². The van der Waals surface area contributed by atoms with Crippen molar-refractivity contribution in [3.8, 4) is 0 Å². The molecular weight excluding hydrogens is 352 g/mol. The molecule has 0 N–H and O–H groups in total. The van der Waals surface area contributed by atoms with Crippen LogP contribution in [0.4, 0.5) is 0 Å². The number of aromatic nitrogens is 1. The van der Waals surface area contributed by atoms with E-state index in [4.69, 9.17) is 27.9 Å². The Hall–Kier alpha value is -1.81. The summed E-state index contributed by atoms with van der Waals surface area (Å²) >= 11 is 12.7. The summed E-state index contributed by atoms with van der Waals surface area (Å²) in [6.07, 6.45) is 1.76. The lowest BCUT2D eigenvalue weighted by Gasteiger charge is -2.17. The van der Waals surface area contributed by atoms with Crippen LogP contribution in [0.1, 0.15) is 16.8 Å². The number of rotatable bonds is 5. The van der Waals surface area contributed by atoms with E-state index in [0.29, 0.717) is 6.61 Å². The van der Waals surface area contributed by atoms with E-state index < -0.39 is 0 Å². The zero-order valence-corrected chi connectivity index (χ0v) is 15.7. The summed E-state index contributed by atoms with van der Waals surface area (Å²) in [5.74, 6) is 0. The fraction of sp³-hybridized carbons (Fsp3) is 0.150. The molecule has 1 aromatic heterocycles. The van der Waals surface area contributed by atoms with Crippen molar-refractivity contribution in [2.24, 2.45) is 0 Å². The topological polar surface area (TPSA) is 22.1 Å². The van der Waals surface area contributed by atoms with Gasteiger partial charge in [-0.2, -0.15) is 0 Å². The molecule has 0 aliphatic heterocycles. The second-order valence-corrected chi connectivity index (χ2v) is 6.84. The third-order valence-corrected chi connectivity index (χ3v) is 4.94. The van der Waals surface area contributed by atoms with Gasteiger partial charge in [0.25, 0.3) is 0 Å². The minimum atomic E-state index is -0.266. The van der Waals surface area contributed by atoms with Gasteiger partial charge in [0.05, 0.1) is 12.3 Å². The molecule has 0 unspecified atom stereocenters. The minimum Gasteiger partial charge on any atom is -0.421 e. The molecule has 0 aliphatic carbocycles. The molecule has 5 heteroatoms. The van der Waals surface area contributed by atoms with Gasteiger partial charge in [-0.1, -0.05) is 53.5 Å². The monoisotopic (exact) mass is 369 g/mol. The van der Waals surface area contributed by atoms with Crippen LogP contribution in [0.3, 0.4) is 0 Å². The molecule has 0 fully saturated rings. The van der Waals surface area contributed by atoms with Crippen LogP contribution in [0.25, 0.3) is 0 Å².